The Balaban J connectivity index is -0.000000218. The van der Waals surface area contributed by atoms with Gasteiger partial charge < -0.3 is 50.5 Å². The van der Waals surface area contributed by atoms with Gasteiger partial charge in [-0.15, -0.1) is 19.6 Å². The molecule has 0 aliphatic carbocycles. The Bertz CT molecular complexity index is 394. The second kappa shape index (κ2) is 12.9. The molecule has 0 amide bonds. The van der Waals surface area contributed by atoms with Crippen LogP contribution in [0.5, 0.6) is 0 Å². The van der Waals surface area contributed by atoms with Crippen LogP contribution in [-0.2, 0) is 67.0 Å². The molecule has 0 unspecified atom stereocenters. The molecule has 0 saturated carbocycles. The molecule has 0 spiro atoms. The Labute approximate surface area is 131 Å². The van der Waals surface area contributed by atoms with Crippen molar-refractivity contribution in [3.63, 3.8) is 0 Å². The summed E-state index contributed by atoms with van der Waals surface area (Å²) in [4.78, 5) is -0.435. The average Bonchev–Trinajstić information content (AvgIpc) is 2.35. The zero-order valence-corrected chi connectivity index (χ0v) is 12.0. The largest absolute Gasteiger partial charge is 0.770 e. The Morgan fingerprint density at radius 3 is 0.706 bits per heavy atom. The van der Waals surface area contributed by atoms with Crippen LogP contribution in [-0.4, -0.2) is 0 Å². The molecule has 9 heteroatoms. The molecular weight excluding hydrogens is 339 g/mol. The third kappa shape index (κ3) is 11.1. The molecule has 0 aromatic rings. The minimum atomic E-state index is -0.109. The normalized spacial score (nSPS) is 10.1. The fraction of sp³-hybridized carbons (Fsp3) is 0. The molecule has 0 radical (unpaired) electrons. The molecule has 0 saturated heterocycles. The molecule has 90 valence electrons. The molecule has 0 heterocycles. The van der Waals surface area contributed by atoms with E-state index in [9.17, 15) is 0 Å². The van der Waals surface area contributed by atoms with Crippen LogP contribution in [0.4, 0.5) is 0 Å². The van der Waals surface area contributed by atoms with Gasteiger partial charge in [-0.25, -0.2) is 0 Å². The molecular formula is C8N4NiS4-4. The first-order valence-electron chi connectivity index (χ1n) is 3.21. The van der Waals surface area contributed by atoms with Crippen molar-refractivity contribution >= 4 is 50.5 Å². The zero-order chi connectivity index (χ0) is 13.1. The van der Waals surface area contributed by atoms with Gasteiger partial charge in [0, 0.05) is 16.5 Å². The van der Waals surface area contributed by atoms with Crippen LogP contribution in [0, 0.1) is 45.3 Å². The van der Waals surface area contributed by atoms with Gasteiger partial charge in [0.15, 0.2) is 0 Å². The summed E-state index contributed by atoms with van der Waals surface area (Å²) in [6.45, 7) is 0. The third-order valence-corrected chi connectivity index (χ3v) is 2.26. The quantitative estimate of drug-likeness (QED) is 0.361. The molecule has 0 aliphatic heterocycles. The second-order valence-electron chi connectivity index (χ2n) is 1.76. The van der Waals surface area contributed by atoms with E-state index in [0.717, 1.165) is 0 Å². The van der Waals surface area contributed by atoms with Crippen molar-refractivity contribution in [3.8, 4) is 24.3 Å². The van der Waals surface area contributed by atoms with Crippen molar-refractivity contribution in [1.29, 1.82) is 21.0 Å². The number of hydrogen-bond donors (Lipinski definition) is 0. The van der Waals surface area contributed by atoms with Crippen molar-refractivity contribution in [1.82, 2.24) is 0 Å². The average molecular weight is 339 g/mol. The molecule has 0 aliphatic rings. The van der Waals surface area contributed by atoms with Gasteiger partial charge in [-0.1, -0.05) is 0 Å². The van der Waals surface area contributed by atoms with Gasteiger partial charge in [0.2, 0.25) is 0 Å². The van der Waals surface area contributed by atoms with Crippen LogP contribution in [0.1, 0.15) is 0 Å². The SMILES string of the molecule is N#C/C([S-])=C(/[S-])C#N.N#C/C([S-])=C(/[S-])C#N.[Ni]. The van der Waals surface area contributed by atoms with Gasteiger partial charge in [-0.05, 0) is 0 Å². The number of allylic oxidation sites excluding steroid dienone is 4. The fourth-order valence-corrected chi connectivity index (χ4v) is 0.386. The van der Waals surface area contributed by atoms with Crippen LogP contribution in [0.3, 0.4) is 0 Å². The van der Waals surface area contributed by atoms with E-state index in [2.05, 4.69) is 50.5 Å². The zero-order valence-electron chi connectivity index (χ0n) is 7.74. The van der Waals surface area contributed by atoms with Crippen molar-refractivity contribution < 1.29 is 16.5 Å². The standard InChI is InChI=1S/2C4H2N2S2.Ni/c2*5-1-3(7)4(8)2-6;/h2*7-8H;/p-4/b2*4-3-;. The summed E-state index contributed by atoms with van der Waals surface area (Å²) < 4.78 is 0. The maximum Gasteiger partial charge on any atom is 0.0694 e. The van der Waals surface area contributed by atoms with E-state index in [1.54, 1.807) is 24.3 Å². The van der Waals surface area contributed by atoms with E-state index in [4.69, 9.17) is 21.0 Å². The third-order valence-electron chi connectivity index (χ3n) is 0.819. The molecule has 4 nitrogen and oxygen atoms in total. The van der Waals surface area contributed by atoms with Crippen LogP contribution in [0.25, 0.3) is 0 Å². The van der Waals surface area contributed by atoms with Crippen LogP contribution in [0.15, 0.2) is 19.6 Å². The molecule has 0 aromatic carbocycles. The van der Waals surface area contributed by atoms with Gasteiger partial charge in [0.1, 0.15) is 0 Å². The van der Waals surface area contributed by atoms with Gasteiger partial charge in [-0.2, -0.15) is 21.0 Å². The Kier molecular flexibility index (Phi) is 16.0. The first-order chi connectivity index (χ1) is 7.44. The van der Waals surface area contributed by atoms with Gasteiger partial charge in [0.25, 0.3) is 0 Å². The fourth-order valence-electron chi connectivity index (χ4n) is 0.203. The van der Waals surface area contributed by atoms with E-state index >= 15 is 0 Å². The Hall–Kier alpha value is -1.19. The summed E-state index contributed by atoms with van der Waals surface area (Å²) in [5, 5.41) is 32.0. The van der Waals surface area contributed by atoms with Crippen molar-refractivity contribution in [3.05, 3.63) is 19.6 Å². The Morgan fingerprint density at radius 2 is 0.647 bits per heavy atom. The molecule has 17 heavy (non-hydrogen) atoms. The molecule has 0 bridgehead atoms. The summed E-state index contributed by atoms with van der Waals surface area (Å²) in [5.41, 5.74) is 0. The van der Waals surface area contributed by atoms with E-state index < -0.39 is 0 Å². The number of hydrogen-bond acceptors (Lipinski definition) is 8. The minimum Gasteiger partial charge on any atom is -0.770 e. The maximum absolute atomic E-state index is 8.01. The molecule has 0 aromatic heterocycles. The number of rotatable bonds is 0. The summed E-state index contributed by atoms with van der Waals surface area (Å²) in [6, 6.07) is 6.33. The maximum atomic E-state index is 8.01. The topological polar surface area (TPSA) is 95.2 Å². The van der Waals surface area contributed by atoms with Crippen LogP contribution >= 0.6 is 0 Å². The summed E-state index contributed by atoms with van der Waals surface area (Å²) in [7, 11) is 0. The van der Waals surface area contributed by atoms with E-state index in [1.165, 1.54) is 0 Å². The van der Waals surface area contributed by atoms with Gasteiger partial charge in [0.05, 0.1) is 24.3 Å². The molecule has 0 atom stereocenters. The van der Waals surface area contributed by atoms with Crippen LogP contribution < -0.4 is 0 Å². The summed E-state index contributed by atoms with van der Waals surface area (Å²) in [5.74, 6) is 0. The summed E-state index contributed by atoms with van der Waals surface area (Å²) >= 11 is 17.4. The second-order valence-corrected chi connectivity index (χ2v) is 3.40. The summed E-state index contributed by atoms with van der Waals surface area (Å²) in [6.07, 6.45) is 0. The Morgan fingerprint density at radius 1 is 0.529 bits per heavy atom. The van der Waals surface area contributed by atoms with Crippen LogP contribution in [0.2, 0.25) is 0 Å². The van der Waals surface area contributed by atoms with E-state index in [0.29, 0.717) is 0 Å². The molecule has 0 fully saturated rings. The monoisotopic (exact) mass is 338 g/mol. The first-order valence-corrected chi connectivity index (χ1v) is 4.84. The first kappa shape index (κ1) is 21.1. The van der Waals surface area contributed by atoms with Gasteiger partial charge in [-0.3, -0.25) is 0 Å². The molecule has 0 N–H and O–H groups in total. The van der Waals surface area contributed by atoms with E-state index in [-0.39, 0.29) is 36.1 Å². The number of nitriles is 4. The van der Waals surface area contributed by atoms with Gasteiger partial charge >= 0.3 is 0 Å². The van der Waals surface area contributed by atoms with Crippen molar-refractivity contribution in [2.45, 2.75) is 0 Å². The molecule has 0 rings (SSSR count). The smallest absolute Gasteiger partial charge is 0.0694 e. The predicted octanol–water partition coefficient (Wildman–Crippen LogP) is 0.675. The minimum absolute atomic E-state index is 0. The van der Waals surface area contributed by atoms with E-state index in [1.807, 2.05) is 0 Å². The van der Waals surface area contributed by atoms with Crippen molar-refractivity contribution in [2.24, 2.45) is 0 Å². The number of nitrogens with zero attached hydrogens (tertiary/aromatic N) is 4. The predicted molar refractivity (Wildman–Crippen MR) is 66.0 cm³/mol. The van der Waals surface area contributed by atoms with Crippen molar-refractivity contribution in [2.75, 3.05) is 0 Å².